The van der Waals surface area contributed by atoms with Gasteiger partial charge in [-0.15, -0.1) is 0 Å². The van der Waals surface area contributed by atoms with E-state index in [0.717, 1.165) is 22.5 Å². The van der Waals surface area contributed by atoms with E-state index in [0.29, 0.717) is 11.3 Å². The molecule has 0 unspecified atom stereocenters. The van der Waals surface area contributed by atoms with Gasteiger partial charge >= 0.3 is 5.56 Å². The van der Waals surface area contributed by atoms with E-state index in [2.05, 4.69) is 15.3 Å². The van der Waals surface area contributed by atoms with Gasteiger partial charge < -0.3 is 14.6 Å². The first-order chi connectivity index (χ1) is 14.4. The van der Waals surface area contributed by atoms with Gasteiger partial charge in [-0.2, -0.15) is 4.98 Å². The zero-order chi connectivity index (χ0) is 21.3. The Labute approximate surface area is 170 Å². The first-order valence-electron chi connectivity index (χ1n) is 9.16. The van der Waals surface area contributed by atoms with Crippen molar-refractivity contribution in [2.45, 2.75) is 13.5 Å². The Balaban J connectivity index is 1.78. The van der Waals surface area contributed by atoms with E-state index in [1.165, 1.54) is 25.4 Å². The maximum Gasteiger partial charge on any atom is 0.316 e. The largest absolute Gasteiger partial charge is 0.490 e. The van der Waals surface area contributed by atoms with Gasteiger partial charge in [0.1, 0.15) is 11.6 Å². The van der Waals surface area contributed by atoms with Crippen LogP contribution in [0, 0.1) is 18.6 Å². The molecule has 4 aromatic rings. The van der Waals surface area contributed by atoms with E-state index in [-0.39, 0.29) is 18.2 Å². The van der Waals surface area contributed by atoms with Gasteiger partial charge in [0.05, 0.1) is 25.4 Å². The standard InChI is InChI=1S/C22H18F2N4O2/c1-13-6-15-4-3-5-25-19(15)10-18(13)26-22-27-21(29)20(30-2)12-28(22)11-14-7-16(23)9-17(24)8-14/h3-10,12H,11H2,1-2H3,(H,26,27,29). The average Bonchev–Trinajstić information content (AvgIpc) is 2.69. The van der Waals surface area contributed by atoms with Crippen LogP contribution in [0.15, 0.2) is 59.7 Å². The third kappa shape index (κ3) is 3.98. The highest BCUT2D eigenvalue weighted by atomic mass is 19.1. The number of ether oxygens (including phenoxy) is 1. The van der Waals surface area contributed by atoms with Crippen molar-refractivity contribution in [3.05, 3.63) is 88.0 Å². The molecule has 8 heteroatoms. The van der Waals surface area contributed by atoms with Crippen molar-refractivity contribution >= 4 is 22.5 Å². The molecule has 30 heavy (non-hydrogen) atoms. The molecule has 152 valence electrons. The van der Waals surface area contributed by atoms with E-state index in [1.807, 2.05) is 31.2 Å². The lowest BCUT2D eigenvalue weighted by molar-refractivity contribution is 0.402. The first kappa shape index (κ1) is 19.5. The summed E-state index contributed by atoms with van der Waals surface area (Å²) in [4.78, 5) is 20.7. The summed E-state index contributed by atoms with van der Waals surface area (Å²) >= 11 is 0. The Morgan fingerprint density at radius 1 is 1.13 bits per heavy atom. The molecular weight excluding hydrogens is 390 g/mol. The van der Waals surface area contributed by atoms with E-state index < -0.39 is 17.2 Å². The van der Waals surface area contributed by atoms with Crippen LogP contribution in [0.2, 0.25) is 0 Å². The summed E-state index contributed by atoms with van der Waals surface area (Å²) in [6, 6.07) is 10.9. The molecule has 0 aliphatic rings. The Kier molecular flexibility index (Phi) is 5.14. The SMILES string of the molecule is COc1cn(Cc2cc(F)cc(F)c2)c(Nc2cc3ncccc3cc2C)nc1=O. The maximum atomic E-state index is 13.6. The highest BCUT2D eigenvalue weighted by molar-refractivity contribution is 5.84. The van der Waals surface area contributed by atoms with Crippen LogP contribution in [-0.2, 0) is 6.54 Å². The smallest absolute Gasteiger partial charge is 0.316 e. The number of hydrogen-bond donors (Lipinski definition) is 1. The monoisotopic (exact) mass is 408 g/mol. The van der Waals surface area contributed by atoms with Crippen molar-refractivity contribution in [1.29, 1.82) is 0 Å². The van der Waals surface area contributed by atoms with E-state index in [1.54, 1.807) is 10.8 Å². The molecule has 1 N–H and O–H groups in total. The number of anilines is 2. The molecule has 0 atom stereocenters. The summed E-state index contributed by atoms with van der Waals surface area (Å²) in [6.07, 6.45) is 3.15. The van der Waals surface area contributed by atoms with Gasteiger partial charge in [-0.25, -0.2) is 8.78 Å². The zero-order valence-electron chi connectivity index (χ0n) is 16.3. The minimum atomic E-state index is -0.683. The Morgan fingerprint density at radius 2 is 1.90 bits per heavy atom. The molecule has 0 spiro atoms. The highest BCUT2D eigenvalue weighted by Crippen LogP contribution is 2.25. The molecule has 0 aliphatic heterocycles. The van der Waals surface area contributed by atoms with E-state index in [9.17, 15) is 13.6 Å². The minimum Gasteiger partial charge on any atom is -0.490 e. The number of benzene rings is 2. The Hall–Kier alpha value is -3.81. The normalized spacial score (nSPS) is 10.9. The van der Waals surface area contributed by atoms with Gasteiger partial charge in [0.2, 0.25) is 11.7 Å². The number of hydrogen-bond acceptors (Lipinski definition) is 5. The quantitative estimate of drug-likeness (QED) is 0.537. The van der Waals surface area contributed by atoms with Gasteiger partial charge in [-0.3, -0.25) is 9.78 Å². The molecule has 0 saturated carbocycles. The first-order valence-corrected chi connectivity index (χ1v) is 9.16. The van der Waals surface area contributed by atoms with Crippen molar-refractivity contribution in [2.24, 2.45) is 0 Å². The fourth-order valence-electron chi connectivity index (χ4n) is 3.22. The molecule has 0 radical (unpaired) electrons. The summed E-state index contributed by atoms with van der Waals surface area (Å²) in [7, 11) is 1.36. The van der Waals surface area contributed by atoms with Gasteiger partial charge in [0, 0.05) is 23.3 Å². The third-order valence-corrected chi connectivity index (χ3v) is 4.65. The molecule has 6 nitrogen and oxygen atoms in total. The van der Waals surface area contributed by atoms with Crippen LogP contribution < -0.4 is 15.6 Å². The zero-order valence-corrected chi connectivity index (χ0v) is 16.3. The molecule has 0 bridgehead atoms. The van der Waals surface area contributed by atoms with Gasteiger partial charge in [0.25, 0.3) is 0 Å². The number of aryl methyl sites for hydroxylation is 1. The van der Waals surface area contributed by atoms with Crippen molar-refractivity contribution in [1.82, 2.24) is 14.5 Å². The summed E-state index contributed by atoms with van der Waals surface area (Å²) < 4.78 is 33.9. The minimum absolute atomic E-state index is 0.0225. The second-order valence-electron chi connectivity index (χ2n) is 6.83. The number of rotatable bonds is 5. The van der Waals surface area contributed by atoms with Crippen LogP contribution in [-0.4, -0.2) is 21.6 Å². The van der Waals surface area contributed by atoms with Crippen molar-refractivity contribution < 1.29 is 13.5 Å². The van der Waals surface area contributed by atoms with E-state index in [4.69, 9.17) is 4.74 Å². The number of nitrogens with zero attached hydrogens (tertiary/aromatic N) is 3. The summed E-state index contributed by atoms with van der Waals surface area (Å²) in [6.45, 7) is 1.99. The molecule has 4 rings (SSSR count). The molecule has 0 fully saturated rings. The molecule has 0 aliphatic carbocycles. The number of aromatic nitrogens is 3. The summed E-state index contributed by atoms with van der Waals surface area (Å²) in [5.74, 6) is -1.13. The predicted molar refractivity (Wildman–Crippen MR) is 110 cm³/mol. The van der Waals surface area contributed by atoms with Crippen molar-refractivity contribution in [3.8, 4) is 5.75 Å². The number of fused-ring (bicyclic) bond motifs is 1. The third-order valence-electron chi connectivity index (χ3n) is 4.65. The van der Waals surface area contributed by atoms with E-state index >= 15 is 0 Å². The average molecular weight is 408 g/mol. The van der Waals surface area contributed by atoms with Gasteiger partial charge in [0.15, 0.2) is 0 Å². The second-order valence-corrected chi connectivity index (χ2v) is 6.83. The highest BCUT2D eigenvalue weighted by Gasteiger charge is 2.13. The molecule has 2 heterocycles. The summed E-state index contributed by atoms with van der Waals surface area (Å²) in [5.41, 5.74) is 2.22. The lowest BCUT2D eigenvalue weighted by atomic mass is 10.1. The lowest BCUT2D eigenvalue weighted by Gasteiger charge is -2.17. The van der Waals surface area contributed by atoms with Crippen LogP contribution in [0.4, 0.5) is 20.4 Å². The maximum absolute atomic E-state index is 13.6. The van der Waals surface area contributed by atoms with Crippen LogP contribution >= 0.6 is 0 Å². The Morgan fingerprint density at radius 3 is 2.63 bits per heavy atom. The number of halogens is 2. The summed E-state index contributed by atoms with van der Waals surface area (Å²) in [5, 5.41) is 4.13. The lowest BCUT2D eigenvalue weighted by Crippen LogP contribution is -2.19. The number of pyridine rings is 1. The molecule has 0 saturated heterocycles. The Bertz CT molecular complexity index is 1280. The van der Waals surface area contributed by atoms with Gasteiger partial charge in [-0.05, 0) is 48.4 Å². The molecule has 2 aromatic carbocycles. The van der Waals surface area contributed by atoms with Crippen molar-refractivity contribution in [2.75, 3.05) is 12.4 Å². The molecule has 2 aromatic heterocycles. The van der Waals surface area contributed by atoms with Crippen LogP contribution in [0.25, 0.3) is 10.9 Å². The van der Waals surface area contributed by atoms with Crippen LogP contribution in [0.3, 0.4) is 0 Å². The predicted octanol–water partition coefficient (Wildman–Crippen LogP) is 4.18. The topological polar surface area (TPSA) is 69.0 Å². The molecular formula is C22H18F2N4O2. The number of methoxy groups -OCH3 is 1. The van der Waals surface area contributed by atoms with Gasteiger partial charge in [-0.1, -0.05) is 6.07 Å². The second kappa shape index (κ2) is 7.90. The number of nitrogens with one attached hydrogen (secondary N) is 1. The van der Waals surface area contributed by atoms with Crippen LogP contribution in [0.1, 0.15) is 11.1 Å². The fraction of sp³-hybridized carbons (Fsp3) is 0.136. The molecule has 0 amide bonds. The van der Waals surface area contributed by atoms with Crippen molar-refractivity contribution in [3.63, 3.8) is 0 Å². The fourth-order valence-corrected chi connectivity index (χ4v) is 3.22. The van der Waals surface area contributed by atoms with Crippen LogP contribution in [0.5, 0.6) is 5.75 Å².